The van der Waals surface area contributed by atoms with Gasteiger partial charge < -0.3 is 9.53 Å². The van der Waals surface area contributed by atoms with Crippen molar-refractivity contribution >= 4 is 23.7 Å². The maximum absolute atomic E-state index is 11.6. The molecule has 0 aromatic heterocycles. The van der Waals surface area contributed by atoms with Crippen molar-refractivity contribution in [3.63, 3.8) is 0 Å². The van der Waals surface area contributed by atoms with Gasteiger partial charge in [-0.1, -0.05) is 11.6 Å². The SMILES string of the molecule is O=CC1COc2ccc(Cl)cc2C1=O. The van der Waals surface area contributed by atoms with Gasteiger partial charge in [-0.25, -0.2) is 0 Å². The van der Waals surface area contributed by atoms with Crippen LogP contribution in [0.1, 0.15) is 10.4 Å². The molecule has 72 valence electrons. The summed E-state index contributed by atoms with van der Waals surface area (Å²) in [7, 11) is 0. The Bertz CT molecular complexity index is 400. The normalized spacial score (nSPS) is 19.8. The summed E-state index contributed by atoms with van der Waals surface area (Å²) in [6.45, 7) is 0.122. The van der Waals surface area contributed by atoms with Crippen LogP contribution < -0.4 is 4.74 Å². The topological polar surface area (TPSA) is 43.4 Å². The van der Waals surface area contributed by atoms with Gasteiger partial charge in [-0.3, -0.25) is 4.79 Å². The molecule has 0 saturated heterocycles. The fraction of sp³-hybridized carbons (Fsp3) is 0.200. The molecule has 0 fully saturated rings. The highest BCUT2D eigenvalue weighted by molar-refractivity contribution is 6.31. The van der Waals surface area contributed by atoms with E-state index in [1.54, 1.807) is 12.1 Å². The van der Waals surface area contributed by atoms with Gasteiger partial charge >= 0.3 is 0 Å². The Hall–Kier alpha value is -1.35. The Labute approximate surface area is 85.6 Å². The maximum atomic E-state index is 11.6. The molecular weight excluding hydrogens is 204 g/mol. The van der Waals surface area contributed by atoms with Crippen molar-refractivity contribution in [1.29, 1.82) is 0 Å². The highest BCUT2D eigenvalue weighted by atomic mass is 35.5. The number of ketones is 1. The molecule has 0 radical (unpaired) electrons. The van der Waals surface area contributed by atoms with Gasteiger partial charge in [0.1, 0.15) is 24.6 Å². The second-order valence-electron chi connectivity index (χ2n) is 3.06. The first-order valence-corrected chi connectivity index (χ1v) is 4.52. The van der Waals surface area contributed by atoms with Gasteiger partial charge in [0.05, 0.1) is 5.56 Å². The van der Waals surface area contributed by atoms with Crippen LogP contribution >= 0.6 is 11.6 Å². The van der Waals surface area contributed by atoms with Crippen LogP contribution in [0.5, 0.6) is 5.75 Å². The molecular formula is C10H7ClO3. The van der Waals surface area contributed by atoms with E-state index >= 15 is 0 Å². The Morgan fingerprint density at radius 2 is 2.29 bits per heavy atom. The second-order valence-corrected chi connectivity index (χ2v) is 3.49. The molecule has 0 bridgehead atoms. The number of benzene rings is 1. The highest BCUT2D eigenvalue weighted by Crippen LogP contribution is 2.28. The van der Waals surface area contributed by atoms with Gasteiger partial charge in [0.15, 0.2) is 5.78 Å². The number of Topliss-reactive ketones (excluding diaryl/α,β-unsaturated/α-hetero) is 1. The standard InChI is InChI=1S/C10H7ClO3/c11-7-1-2-9-8(3-7)10(13)6(4-12)5-14-9/h1-4,6H,5H2. The first-order chi connectivity index (χ1) is 6.72. The molecule has 4 heteroatoms. The highest BCUT2D eigenvalue weighted by Gasteiger charge is 2.28. The Morgan fingerprint density at radius 1 is 1.50 bits per heavy atom. The van der Waals surface area contributed by atoms with E-state index < -0.39 is 5.92 Å². The van der Waals surface area contributed by atoms with Crippen LogP contribution in [0, 0.1) is 5.92 Å². The summed E-state index contributed by atoms with van der Waals surface area (Å²) in [4.78, 5) is 22.2. The Balaban J connectivity index is 2.48. The molecule has 0 saturated carbocycles. The lowest BCUT2D eigenvalue weighted by Gasteiger charge is -2.20. The van der Waals surface area contributed by atoms with Crippen molar-refractivity contribution in [2.75, 3.05) is 6.61 Å². The van der Waals surface area contributed by atoms with Crippen molar-refractivity contribution < 1.29 is 14.3 Å². The van der Waals surface area contributed by atoms with E-state index in [1.165, 1.54) is 6.07 Å². The number of rotatable bonds is 1. The lowest BCUT2D eigenvalue weighted by Crippen LogP contribution is -2.28. The van der Waals surface area contributed by atoms with Crippen molar-refractivity contribution in [3.8, 4) is 5.75 Å². The first kappa shape index (κ1) is 9.21. The predicted octanol–water partition coefficient (Wildman–Crippen LogP) is 1.73. The molecule has 1 aromatic carbocycles. The average molecular weight is 211 g/mol. The van der Waals surface area contributed by atoms with Crippen molar-refractivity contribution in [2.45, 2.75) is 0 Å². The zero-order valence-corrected chi connectivity index (χ0v) is 7.95. The Kier molecular flexibility index (Phi) is 2.25. The summed E-state index contributed by atoms with van der Waals surface area (Å²) in [5.41, 5.74) is 0.390. The molecule has 0 aliphatic carbocycles. The van der Waals surface area contributed by atoms with E-state index in [4.69, 9.17) is 16.3 Å². The lowest BCUT2D eigenvalue weighted by atomic mass is 9.96. The zero-order chi connectivity index (χ0) is 10.1. The minimum Gasteiger partial charge on any atom is -0.492 e. The van der Waals surface area contributed by atoms with E-state index in [1.807, 2.05) is 0 Å². The number of ether oxygens (including phenoxy) is 1. The van der Waals surface area contributed by atoms with E-state index in [-0.39, 0.29) is 12.4 Å². The molecule has 0 N–H and O–H groups in total. The summed E-state index contributed by atoms with van der Waals surface area (Å²) in [5.74, 6) is -0.415. The third kappa shape index (κ3) is 1.40. The van der Waals surface area contributed by atoms with Gasteiger partial charge in [-0.15, -0.1) is 0 Å². The molecule has 0 amide bonds. The average Bonchev–Trinajstić information content (AvgIpc) is 2.20. The number of carbonyl (C=O) groups excluding carboxylic acids is 2. The summed E-state index contributed by atoms with van der Waals surface area (Å²) >= 11 is 5.74. The first-order valence-electron chi connectivity index (χ1n) is 4.14. The number of carbonyl (C=O) groups is 2. The van der Waals surface area contributed by atoms with E-state index in [0.29, 0.717) is 22.6 Å². The van der Waals surface area contributed by atoms with E-state index in [0.717, 1.165) is 0 Å². The molecule has 1 unspecified atom stereocenters. The number of hydrogen-bond donors (Lipinski definition) is 0. The third-order valence-electron chi connectivity index (χ3n) is 2.13. The molecule has 1 atom stereocenters. The molecule has 3 nitrogen and oxygen atoms in total. The van der Waals surface area contributed by atoms with Crippen LogP contribution in [0.15, 0.2) is 18.2 Å². The molecule has 1 aliphatic heterocycles. The van der Waals surface area contributed by atoms with Crippen LogP contribution in [-0.2, 0) is 4.79 Å². The van der Waals surface area contributed by atoms with Gasteiger partial charge in [-0.2, -0.15) is 0 Å². The van der Waals surface area contributed by atoms with Crippen LogP contribution in [-0.4, -0.2) is 18.7 Å². The number of hydrogen-bond acceptors (Lipinski definition) is 3. The van der Waals surface area contributed by atoms with Crippen molar-refractivity contribution in [3.05, 3.63) is 28.8 Å². The van der Waals surface area contributed by atoms with E-state index in [2.05, 4.69) is 0 Å². The summed E-state index contributed by atoms with van der Waals surface area (Å²) in [6.07, 6.45) is 0.603. The van der Waals surface area contributed by atoms with Crippen LogP contribution in [0.3, 0.4) is 0 Å². The zero-order valence-electron chi connectivity index (χ0n) is 7.20. The summed E-state index contributed by atoms with van der Waals surface area (Å²) in [6, 6.07) is 4.81. The molecule has 1 heterocycles. The fourth-order valence-electron chi connectivity index (χ4n) is 1.38. The number of aldehydes is 1. The molecule has 0 spiro atoms. The van der Waals surface area contributed by atoms with Gasteiger partial charge in [0.2, 0.25) is 0 Å². The maximum Gasteiger partial charge on any atom is 0.180 e. The molecule has 1 aromatic rings. The minimum atomic E-state index is -0.694. The summed E-state index contributed by atoms with van der Waals surface area (Å²) < 4.78 is 5.24. The van der Waals surface area contributed by atoms with Gasteiger partial charge in [0, 0.05) is 5.02 Å². The minimum absolute atomic E-state index is 0.122. The van der Waals surface area contributed by atoms with Crippen LogP contribution in [0.25, 0.3) is 0 Å². The second kappa shape index (κ2) is 3.42. The smallest absolute Gasteiger partial charge is 0.180 e. The van der Waals surface area contributed by atoms with Crippen molar-refractivity contribution in [2.24, 2.45) is 5.92 Å². The van der Waals surface area contributed by atoms with Crippen LogP contribution in [0.2, 0.25) is 5.02 Å². The number of halogens is 1. The van der Waals surface area contributed by atoms with Crippen molar-refractivity contribution in [1.82, 2.24) is 0 Å². The quantitative estimate of drug-likeness (QED) is 0.524. The monoisotopic (exact) mass is 210 g/mol. The van der Waals surface area contributed by atoms with Gasteiger partial charge in [0.25, 0.3) is 0 Å². The fourth-order valence-corrected chi connectivity index (χ4v) is 1.55. The predicted molar refractivity (Wildman–Crippen MR) is 50.8 cm³/mol. The third-order valence-corrected chi connectivity index (χ3v) is 2.36. The lowest BCUT2D eigenvalue weighted by molar-refractivity contribution is -0.110. The van der Waals surface area contributed by atoms with E-state index in [9.17, 15) is 9.59 Å². The molecule has 14 heavy (non-hydrogen) atoms. The number of fused-ring (bicyclic) bond motifs is 1. The molecule has 2 rings (SSSR count). The molecule has 1 aliphatic rings. The van der Waals surface area contributed by atoms with Gasteiger partial charge in [-0.05, 0) is 18.2 Å². The Morgan fingerprint density at radius 3 is 3.00 bits per heavy atom. The largest absolute Gasteiger partial charge is 0.492 e. The van der Waals surface area contributed by atoms with Crippen LogP contribution in [0.4, 0.5) is 0 Å². The summed E-state index contributed by atoms with van der Waals surface area (Å²) in [5, 5.41) is 0.465.